The molecule has 0 aromatic carbocycles. The van der Waals surface area contributed by atoms with Crippen molar-refractivity contribution in [1.29, 1.82) is 0 Å². The zero-order valence-corrected chi connectivity index (χ0v) is 10.1. The summed E-state index contributed by atoms with van der Waals surface area (Å²) >= 11 is 5.67. The molecule has 0 saturated carbocycles. The van der Waals surface area contributed by atoms with Gasteiger partial charge in [-0.05, 0) is 25.1 Å². The van der Waals surface area contributed by atoms with Gasteiger partial charge in [-0.2, -0.15) is 0 Å². The van der Waals surface area contributed by atoms with Gasteiger partial charge in [-0.25, -0.2) is 0 Å². The SMILES string of the molecule is CN(c1ccc(Cl)nn1)[C@@H]1CCNC1.Cl. The topological polar surface area (TPSA) is 41.1 Å². The standard InChI is InChI=1S/C9H13ClN4.ClH/c1-14(7-4-5-11-6-7)9-3-2-8(10)12-13-9;/h2-3,7,11H,4-6H2,1H3;1H/t7-;/m1./s1. The molecule has 0 radical (unpaired) electrons. The lowest BCUT2D eigenvalue weighted by molar-refractivity contribution is 0.672. The van der Waals surface area contributed by atoms with E-state index in [1.807, 2.05) is 13.1 Å². The number of halogens is 2. The molecule has 6 heteroatoms. The number of anilines is 1. The summed E-state index contributed by atoms with van der Waals surface area (Å²) in [5, 5.41) is 11.6. The van der Waals surface area contributed by atoms with Gasteiger partial charge in [0.25, 0.3) is 0 Å². The average Bonchev–Trinajstić information content (AvgIpc) is 2.71. The summed E-state index contributed by atoms with van der Waals surface area (Å²) in [5.74, 6) is 0.878. The molecule has 0 spiro atoms. The number of nitrogens with zero attached hydrogens (tertiary/aromatic N) is 3. The lowest BCUT2D eigenvalue weighted by Crippen LogP contribution is -2.33. The first-order chi connectivity index (χ1) is 6.77. The van der Waals surface area contributed by atoms with Crippen LogP contribution < -0.4 is 10.2 Å². The first-order valence-corrected chi connectivity index (χ1v) is 5.08. The zero-order chi connectivity index (χ0) is 9.97. The van der Waals surface area contributed by atoms with Crippen LogP contribution in [-0.2, 0) is 0 Å². The van der Waals surface area contributed by atoms with Crippen LogP contribution in [0.3, 0.4) is 0 Å². The lowest BCUT2D eigenvalue weighted by Gasteiger charge is -2.23. The van der Waals surface area contributed by atoms with Crippen molar-refractivity contribution in [2.24, 2.45) is 0 Å². The molecule has 1 aromatic rings. The Hall–Kier alpha value is -0.580. The second kappa shape index (κ2) is 5.49. The Morgan fingerprint density at radius 3 is 2.80 bits per heavy atom. The van der Waals surface area contributed by atoms with Gasteiger partial charge < -0.3 is 10.2 Å². The highest BCUT2D eigenvalue weighted by Crippen LogP contribution is 2.15. The van der Waals surface area contributed by atoms with Crippen LogP contribution >= 0.6 is 24.0 Å². The molecule has 0 aliphatic carbocycles. The van der Waals surface area contributed by atoms with Crippen LogP contribution in [0.4, 0.5) is 5.82 Å². The minimum Gasteiger partial charge on any atom is -0.354 e. The van der Waals surface area contributed by atoms with Gasteiger partial charge in [0, 0.05) is 19.6 Å². The van der Waals surface area contributed by atoms with Gasteiger partial charge in [-0.1, -0.05) is 11.6 Å². The molecule has 1 fully saturated rings. The van der Waals surface area contributed by atoms with Gasteiger partial charge in [0.15, 0.2) is 11.0 Å². The average molecular weight is 249 g/mol. The molecule has 1 N–H and O–H groups in total. The quantitative estimate of drug-likeness (QED) is 0.859. The Labute approximate surface area is 100 Å². The lowest BCUT2D eigenvalue weighted by atomic mass is 10.2. The Morgan fingerprint density at radius 1 is 1.47 bits per heavy atom. The van der Waals surface area contributed by atoms with E-state index in [1.54, 1.807) is 6.07 Å². The van der Waals surface area contributed by atoms with Gasteiger partial charge in [-0.15, -0.1) is 22.6 Å². The van der Waals surface area contributed by atoms with Crippen LogP contribution in [-0.4, -0.2) is 36.4 Å². The van der Waals surface area contributed by atoms with Crippen LogP contribution in [0.25, 0.3) is 0 Å². The molecule has 1 aliphatic rings. The molecular weight excluding hydrogens is 235 g/mol. The molecule has 4 nitrogen and oxygen atoms in total. The maximum atomic E-state index is 5.67. The third kappa shape index (κ3) is 2.93. The molecule has 1 atom stereocenters. The van der Waals surface area contributed by atoms with E-state index in [4.69, 9.17) is 11.6 Å². The van der Waals surface area contributed by atoms with Crippen LogP contribution in [0.1, 0.15) is 6.42 Å². The highest BCUT2D eigenvalue weighted by molar-refractivity contribution is 6.29. The number of hydrogen-bond acceptors (Lipinski definition) is 4. The predicted molar refractivity (Wildman–Crippen MR) is 64.0 cm³/mol. The molecule has 15 heavy (non-hydrogen) atoms. The Kier molecular flexibility index (Phi) is 4.57. The molecule has 1 aliphatic heterocycles. The van der Waals surface area contributed by atoms with E-state index >= 15 is 0 Å². The van der Waals surface area contributed by atoms with Crippen molar-refractivity contribution < 1.29 is 0 Å². The fraction of sp³-hybridized carbons (Fsp3) is 0.556. The van der Waals surface area contributed by atoms with E-state index in [-0.39, 0.29) is 12.4 Å². The van der Waals surface area contributed by atoms with E-state index in [9.17, 15) is 0 Å². The molecule has 84 valence electrons. The summed E-state index contributed by atoms with van der Waals surface area (Å²) in [4.78, 5) is 2.14. The second-order valence-electron chi connectivity index (χ2n) is 3.47. The highest BCUT2D eigenvalue weighted by Gasteiger charge is 2.20. The smallest absolute Gasteiger partial charge is 0.151 e. The predicted octanol–water partition coefficient (Wildman–Crippen LogP) is 1.35. The first-order valence-electron chi connectivity index (χ1n) is 4.70. The third-order valence-corrected chi connectivity index (χ3v) is 2.76. The number of rotatable bonds is 2. The minimum atomic E-state index is 0. The van der Waals surface area contributed by atoms with E-state index in [1.165, 1.54) is 0 Å². The van der Waals surface area contributed by atoms with Crippen LogP contribution in [0.5, 0.6) is 0 Å². The zero-order valence-electron chi connectivity index (χ0n) is 8.48. The Balaban J connectivity index is 0.00000112. The molecule has 0 unspecified atom stereocenters. The van der Waals surface area contributed by atoms with Gasteiger partial charge in [0.05, 0.1) is 0 Å². The molecule has 2 heterocycles. The number of nitrogens with one attached hydrogen (secondary N) is 1. The largest absolute Gasteiger partial charge is 0.354 e. The van der Waals surface area contributed by atoms with Crippen LogP contribution in [0, 0.1) is 0 Å². The van der Waals surface area contributed by atoms with Crippen molar-refractivity contribution in [3.8, 4) is 0 Å². The summed E-state index contributed by atoms with van der Waals surface area (Å²) < 4.78 is 0. The van der Waals surface area contributed by atoms with Gasteiger partial charge >= 0.3 is 0 Å². The van der Waals surface area contributed by atoms with Crippen LogP contribution in [0.15, 0.2) is 12.1 Å². The van der Waals surface area contributed by atoms with Crippen LogP contribution in [0.2, 0.25) is 5.15 Å². The van der Waals surface area contributed by atoms with Gasteiger partial charge in [0.1, 0.15) is 0 Å². The summed E-state index contributed by atoms with van der Waals surface area (Å²) in [5.41, 5.74) is 0. The van der Waals surface area contributed by atoms with E-state index < -0.39 is 0 Å². The Morgan fingerprint density at radius 2 is 2.27 bits per heavy atom. The van der Waals surface area contributed by atoms with Crippen molar-refractivity contribution in [1.82, 2.24) is 15.5 Å². The number of aromatic nitrogens is 2. The summed E-state index contributed by atoms with van der Waals surface area (Å²) in [6.07, 6.45) is 1.15. The summed E-state index contributed by atoms with van der Waals surface area (Å²) in [6.45, 7) is 2.09. The normalized spacial score (nSPS) is 19.7. The maximum Gasteiger partial charge on any atom is 0.151 e. The fourth-order valence-electron chi connectivity index (χ4n) is 1.65. The van der Waals surface area contributed by atoms with E-state index in [0.717, 1.165) is 25.3 Å². The number of likely N-dealkylation sites (N-methyl/N-ethyl adjacent to an activating group) is 1. The highest BCUT2D eigenvalue weighted by atomic mass is 35.5. The van der Waals surface area contributed by atoms with Crippen molar-refractivity contribution in [2.45, 2.75) is 12.5 Å². The van der Waals surface area contributed by atoms with Gasteiger partial charge in [-0.3, -0.25) is 0 Å². The monoisotopic (exact) mass is 248 g/mol. The van der Waals surface area contributed by atoms with Crippen molar-refractivity contribution in [3.05, 3.63) is 17.3 Å². The first kappa shape index (κ1) is 12.5. The van der Waals surface area contributed by atoms with Gasteiger partial charge in [0.2, 0.25) is 0 Å². The van der Waals surface area contributed by atoms with Crippen molar-refractivity contribution >= 4 is 29.8 Å². The number of hydrogen-bond donors (Lipinski definition) is 1. The molecule has 0 amide bonds. The van der Waals surface area contributed by atoms with E-state index in [2.05, 4.69) is 20.4 Å². The molecule has 1 aromatic heterocycles. The maximum absolute atomic E-state index is 5.67. The second-order valence-corrected chi connectivity index (χ2v) is 3.86. The fourth-order valence-corrected chi connectivity index (χ4v) is 1.75. The van der Waals surface area contributed by atoms with Crippen molar-refractivity contribution in [2.75, 3.05) is 25.0 Å². The minimum absolute atomic E-state index is 0. The van der Waals surface area contributed by atoms with Crippen molar-refractivity contribution in [3.63, 3.8) is 0 Å². The molecule has 1 saturated heterocycles. The molecule has 0 bridgehead atoms. The molecule has 2 rings (SSSR count). The van der Waals surface area contributed by atoms with E-state index in [0.29, 0.717) is 11.2 Å². The summed E-state index contributed by atoms with van der Waals surface area (Å²) in [6, 6.07) is 4.18. The Bertz CT molecular complexity index is 297. The summed E-state index contributed by atoms with van der Waals surface area (Å²) in [7, 11) is 2.04. The molecular formula is C9H14Cl2N4. The third-order valence-electron chi connectivity index (χ3n) is 2.56.